The lowest BCUT2D eigenvalue weighted by atomic mass is 9.97. The Kier molecular flexibility index (Phi) is 5.14. The lowest BCUT2D eigenvalue weighted by Gasteiger charge is -2.32. The minimum atomic E-state index is 0.371. The molecule has 0 bridgehead atoms. The van der Waals surface area contributed by atoms with Gasteiger partial charge in [-0.3, -0.25) is 0 Å². The second-order valence-corrected chi connectivity index (χ2v) is 4.58. The van der Waals surface area contributed by atoms with E-state index in [-0.39, 0.29) is 0 Å². The molecule has 3 heteroatoms. The Labute approximate surface area is 86.7 Å². The van der Waals surface area contributed by atoms with E-state index in [0.717, 1.165) is 31.7 Å². The van der Waals surface area contributed by atoms with Crippen LogP contribution in [0.3, 0.4) is 0 Å². The van der Waals surface area contributed by atoms with Gasteiger partial charge in [0.2, 0.25) is 0 Å². The standard InChI is InChI=1S/C10H21NOS/c1-9(8-13)6-11-4-2-10(7-12)3-5-11/h9-10,12-13H,2-8H2,1H3. The second-order valence-electron chi connectivity index (χ2n) is 4.21. The average Bonchev–Trinajstić information content (AvgIpc) is 2.19. The van der Waals surface area contributed by atoms with Crippen LogP contribution in [0, 0.1) is 11.8 Å². The van der Waals surface area contributed by atoms with Crippen LogP contribution in [0.4, 0.5) is 0 Å². The molecule has 2 nitrogen and oxygen atoms in total. The maximum atomic E-state index is 8.97. The van der Waals surface area contributed by atoms with E-state index in [1.807, 2.05) is 0 Å². The number of rotatable bonds is 4. The van der Waals surface area contributed by atoms with Crippen molar-refractivity contribution in [1.29, 1.82) is 0 Å². The molecule has 1 unspecified atom stereocenters. The Morgan fingerprint density at radius 1 is 1.46 bits per heavy atom. The third-order valence-electron chi connectivity index (χ3n) is 2.85. The number of thiol groups is 1. The maximum Gasteiger partial charge on any atom is 0.0460 e. The van der Waals surface area contributed by atoms with Crippen LogP contribution < -0.4 is 0 Å². The van der Waals surface area contributed by atoms with E-state index in [2.05, 4.69) is 24.5 Å². The molecule has 1 aliphatic heterocycles. The van der Waals surface area contributed by atoms with Crippen molar-refractivity contribution in [2.75, 3.05) is 32.0 Å². The molecule has 0 spiro atoms. The van der Waals surface area contributed by atoms with Crippen molar-refractivity contribution in [2.24, 2.45) is 11.8 Å². The summed E-state index contributed by atoms with van der Waals surface area (Å²) in [6, 6.07) is 0. The summed E-state index contributed by atoms with van der Waals surface area (Å²) in [4.78, 5) is 2.49. The number of piperidine rings is 1. The summed E-state index contributed by atoms with van der Waals surface area (Å²) in [7, 11) is 0. The molecular formula is C10H21NOS. The van der Waals surface area contributed by atoms with Crippen LogP contribution in [0.25, 0.3) is 0 Å². The molecule has 0 aliphatic carbocycles. The van der Waals surface area contributed by atoms with E-state index in [1.165, 1.54) is 6.54 Å². The molecule has 1 rings (SSSR count). The fourth-order valence-corrected chi connectivity index (χ4v) is 1.97. The Morgan fingerprint density at radius 3 is 2.54 bits per heavy atom. The first kappa shape index (κ1) is 11.3. The zero-order valence-electron chi connectivity index (χ0n) is 8.45. The molecular weight excluding hydrogens is 182 g/mol. The summed E-state index contributed by atoms with van der Waals surface area (Å²) in [6.45, 7) is 6.09. The lowest BCUT2D eigenvalue weighted by molar-refractivity contribution is 0.124. The van der Waals surface area contributed by atoms with Crippen molar-refractivity contribution in [3.63, 3.8) is 0 Å². The van der Waals surface area contributed by atoms with E-state index >= 15 is 0 Å². The van der Waals surface area contributed by atoms with Crippen LogP contribution in [0.2, 0.25) is 0 Å². The predicted molar refractivity (Wildman–Crippen MR) is 59.3 cm³/mol. The molecule has 0 aromatic carbocycles. The van der Waals surface area contributed by atoms with Gasteiger partial charge >= 0.3 is 0 Å². The molecule has 1 heterocycles. The van der Waals surface area contributed by atoms with Gasteiger partial charge in [0.05, 0.1) is 0 Å². The molecule has 1 fully saturated rings. The molecule has 0 saturated carbocycles. The Morgan fingerprint density at radius 2 is 2.08 bits per heavy atom. The molecule has 0 amide bonds. The monoisotopic (exact) mass is 203 g/mol. The van der Waals surface area contributed by atoms with Gasteiger partial charge in [-0.2, -0.15) is 12.6 Å². The molecule has 1 N–H and O–H groups in total. The summed E-state index contributed by atoms with van der Waals surface area (Å²) in [5.41, 5.74) is 0. The van der Waals surface area contributed by atoms with Crippen LogP contribution in [-0.2, 0) is 0 Å². The van der Waals surface area contributed by atoms with Gasteiger partial charge < -0.3 is 10.0 Å². The van der Waals surface area contributed by atoms with E-state index in [0.29, 0.717) is 18.4 Å². The number of aliphatic hydroxyl groups is 1. The SMILES string of the molecule is CC(CS)CN1CCC(CO)CC1. The van der Waals surface area contributed by atoms with E-state index in [1.54, 1.807) is 0 Å². The highest BCUT2D eigenvalue weighted by atomic mass is 32.1. The molecule has 1 aliphatic rings. The normalized spacial score (nSPS) is 23.3. The molecule has 0 radical (unpaired) electrons. The number of likely N-dealkylation sites (tertiary alicyclic amines) is 1. The lowest BCUT2D eigenvalue weighted by Crippen LogP contribution is -2.37. The van der Waals surface area contributed by atoms with Crippen LogP contribution in [-0.4, -0.2) is 42.0 Å². The maximum absolute atomic E-state index is 8.97. The number of hydrogen-bond acceptors (Lipinski definition) is 3. The Bertz CT molecular complexity index is 135. The fraction of sp³-hybridized carbons (Fsp3) is 1.00. The minimum absolute atomic E-state index is 0.371. The van der Waals surface area contributed by atoms with E-state index < -0.39 is 0 Å². The van der Waals surface area contributed by atoms with Crippen molar-refractivity contribution in [2.45, 2.75) is 19.8 Å². The predicted octanol–water partition coefficient (Wildman–Crippen LogP) is 1.26. The van der Waals surface area contributed by atoms with Crippen molar-refractivity contribution >= 4 is 12.6 Å². The van der Waals surface area contributed by atoms with Gasteiger partial charge in [0.25, 0.3) is 0 Å². The summed E-state index contributed by atoms with van der Waals surface area (Å²) in [6.07, 6.45) is 2.32. The molecule has 13 heavy (non-hydrogen) atoms. The summed E-state index contributed by atoms with van der Waals surface area (Å²) >= 11 is 4.28. The van der Waals surface area contributed by atoms with Crippen LogP contribution >= 0.6 is 12.6 Å². The van der Waals surface area contributed by atoms with Gasteiger partial charge in [0.15, 0.2) is 0 Å². The first-order valence-electron chi connectivity index (χ1n) is 5.20. The molecule has 1 atom stereocenters. The average molecular weight is 203 g/mol. The first-order chi connectivity index (χ1) is 6.26. The highest BCUT2D eigenvalue weighted by molar-refractivity contribution is 7.80. The summed E-state index contributed by atoms with van der Waals surface area (Å²) in [5, 5.41) is 8.97. The fourth-order valence-electron chi connectivity index (χ4n) is 1.85. The second kappa shape index (κ2) is 5.89. The topological polar surface area (TPSA) is 23.5 Å². The van der Waals surface area contributed by atoms with Gasteiger partial charge in [-0.05, 0) is 43.5 Å². The van der Waals surface area contributed by atoms with Crippen molar-refractivity contribution in [3.8, 4) is 0 Å². The first-order valence-corrected chi connectivity index (χ1v) is 5.83. The van der Waals surface area contributed by atoms with Gasteiger partial charge in [-0.15, -0.1) is 0 Å². The molecule has 0 aromatic rings. The highest BCUT2D eigenvalue weighted by Gasteiger charge is 2.19. The van der Waals surface area contributed by atoms with Gasteiger partial charge in [0, 0.05) is 13.2 Å². The third-order valence-corrected chi connectivity index (χ3v) is 3.47. The van der Waals surface area contributed by atoms with Crippen molar-refractivity contribution in [1.82, 2.24) is 4.90 Å². The molecule has 0 aromatic heterocycles. The number of nitrogens with zero attached hydrogens (tertiary/aromatic N) is 1. The van der Waals surface area contributed by atoms with Gasteiger partial charge in [-0.25, -0.2) is 0 Å². The molecule has 78 valence electrons. The summed E-state index contributed by atoms with van der Waals surface area (Å²) < 4.78 is 0. The van der Waals surface area contributed by atoms with Crippen molar-refractivity contribution in [3.05, 3.63) is 0 Å². The van der Waals surface area contributed by atoms with E-state index in [4.69, 9.17) is 5.11 Å². The zero-order chi connectivity index (χ0) is 9.68. The Hall–Kier alpha value is 0.270. The quantitative estimate of drug-likeness (QED) is 0.672. The highest BCUT2D eigenvalue weighted by Crippen LogP contribution is 2.17. The van der Waals surface area contributed by atoms with E-state index in [9.17, 15) is 0 Å². The zero-order valence-corrected chi connectivity index (χ0v) is 9.34. The number of aliphatic hydroxyl groups excluding tert-OH is 1. The smallest absolute Gasteiger partial charge is 0.0460 e. The minimum Gasteiger partial charge on any atom is -0.396 e. The van der Waals surface area contributed by atoms with Gasteiger partial charge in [-0.1, -0.05) is 6.92 Å². The van der Waals surface area contributed by atoms with Crippen molar-refractivity contribution < 1.29 is 5.11 Å². The summed E-state index contributed by atoms with van der Waals surface area (Å²) in [5.74, 6) is 2.22. The van der Waals surface area contributed by atoms with Crippen LogP contribution in [0.15, 0.2) is 0 Å². The van der Waals surface area contributed by atoms with Gasteiger partial charge in [0.1, 0.15) is 0 Å². The third kappa shape index (κ3) is 3.88. The van der Waals surface area contributed by atoms with Crippen LogP contribution in [0.1, 0.15) is 19.8 Å². The Balaban J connectivity index is 2.17. The number of hydrogen-bond donors (Lipinski definition) is 2. The van der Waals surface area contributed by atoms with Crippen LogP contribution in [0.5, 0.6) is 0 Å². The molecule has 1 saturated heterocycles. The largest absolute Gasteiger partial charge is 0.396 e.